The van der Waals surface area contributed by atoms with Gasteiger partial charge in [0, 0.05) is 41.2 Å². The van der Waals surface area contributed by atoms with E-state index in [9.17, 15) is 34.2 Å². The molecule has 4 fully saturated rings. The molecule has 0 radical (unpaired) electrons. The summed E-state index contributed by atoms with van der Waals surface area (Å²) in [5, 5.41) is 21.3. The number of aliphatic hydroxyl groups is 2. The van der Waals surface area contributed by atoms with Gasteiger partial charge in [0.15, 0.2) is 22.8 Å². The van der Waals surface area contributed by atoms with Crippen LogP contribution in [0, 0.1) is 22.7 Å². The molecular weight excluding hydrogens is 658 g/mol. The highest BCUT2D eigenvalue weighted by Gasteiger charge is 2.79. The van der Waals surface area contributed by atoms with E-state index in [4.69, 9.17) is 19.7 Å². The zero-order chi connectivity index (χ0) is 35.3. The lowest BCUT2D eigenvalue weighted by Gasteiger charge is -2.62. The molecule has 1 aliphatic heterocycles. The van der Waals surface area contributed by atoms with Crippen molar-refractivity contribution in [3.63, 3.8) is 0 Å². The fourth-order valence-electron chi connectivity index (χ4n) is 9.95. The van der Waals surface area contributed by atoms with Gasteiger partial charge in [-0.1, -0.05) is 30.7 Å². The molecule has 3 saturated carbocycles. The molecule has 5 aliphatic rings. The molecule has 4 aliphatic carbocycles. The number of aryl methyl sites for hydroxylation is 1. The number of halogens is 1. The average Bonchev–Trinajstić information content (AvgIpc) is 3.66. The highest BCUT2D eigenvalue weighted by Crippen LogP contribution is 2.72. The second-order valence-corrected chi connectivity index (χ2v) is 16.0. The van der Waals surface area contributed by atoms with Crippen molar-refractivity contribution < 1.29 is 52.5 Å². The summed E-state index contributed by atoms with van der Waals surface area (Å²) in [6, 6.07) is 7.32. The summed E-state index contributed by atoms with van der Waals surface area (Å²) in [6.07, 6.45) is 3.92. The largest absolute Gasteiger partial charge is 0.470 e. The Hall–Kier alpha value is -3.00. The quantitative estimate of drug-likeness (QED) is 0.200. The molecule has 1 aromatic heterocycles. The Morgan fingerprint density at radius 3 is 2.65 bits per heavy atom. The third-order valence-electron chi connectivity index (χ3n) is 12.3. The van der Waals surface area contributed by atoms with Crippen molar-refractivity contribution in [1.82, 2.24) is 4.57 Å². The van der Waals surface area contributed by atoms with Crippen LogP contribution in [0.15, 0.2) is 54.3 Å². The molecule has 14 heteroatoms. The lowest BCUT2D eigenvalue weighted by molar-refractivity contribution is -0.231. The van der Waals surface area contributed by atoms with E-state index >= 15 is 4.39 Å². The number of fused-ring (bicyclic) bond motifs is 7. The van der Waals surface area contributed by atoms with Crippen molar-refractivity contribution in [2.24, 2.45) is 29.7 Å². The number of hydrogen-bond donors (Lipinski definition) is 5. The number of rotatable bonds is 8. The molecule has 7 rings (SSSR count). The van der Waals surface area contributed by atoms with Gasteiger partial charge in [0.25, 0.3) is 0 Å². The third-order valence-corrected chi connectivity index (χ3v) is 12.8. The first-order chi connectivity index (χ1) is 23.0. The number of Topliss-reactive ketones (excluding diaryl/α,β-unsaturated/α-hetero) is 1. The fraction of sp³-hybridized carbons (Fsp3) is 0.543. The molecule has 2 heterocycles. The third kappa shape index (κ3) is 5.00. The average molecular weight is 701 g/mol. The lowest BCUT2D eigenvalue weighted by atomic mass is 9.44. The summed E-state index contributed by atoms with van der Waals surface area (Å²) < 4.78 is 49.2. The van der Waals surface area contributed by atoms with E-state index in [-0.39, 0.29) is 25.2 Å². The van der Waals surface area contributed by atoms with Crippen LogP contribution in [0.1, 0.15) is 68.2 Å². The van der Waals surface area contributed by atoms with Crippen LogP contribution in [0.4, 0.5) is 10.1 Å². The minimum Gasteiger partial charge on any atom is -0.398 e. The molecule has 1 aromatic carbocycles. The fourth-order valence-corrected chi connectivity index (χ4v) is 10.2. The number of aromatic nitrogens is 1. The second kappa shape index (κ2) is 11.5. The standard InChI is InChI=1S/C35H42FN2O10P/c1-32-9-8-23(40)13-22(32)6-7-24-25-14-30-35(29(42)18-46-49(43,44)45,33(25,2)15-28(41)34(24,32)36)48-31(47-30)27-12-20(16-38(27)3)10-19-4-5-21(17-39)26(37)11-19/h4-5,8-9,11-13,16,24-25,28,30-31,39,41H,6-7,10,14-15,17-18,37H2,1-3H3,(H2,43,44,45)/t24-,25-,28-,30+,31+,32-,33-,34-,35+/m0/s1. The number of nitrogens with two attached hydrogens (primary N) is 1. The number of carbonyl (C=O) groups is 2. The molecule has 12 nitrogen and oxygen atoms in total. The van der Waals surface area contributed by atoms with Gasteiger partial charge in [0.2, 0.25) is 6.29 Å². The van der Waals surface area contributed by atoms with Crippen LogP contribution in [-0.2, 0) is 48.2 Å². The topological polar surface area (TPSA) is 191 Å². The smallest absolute Gasteiger partial charge is 0.398 e. The summed E-state index contributed by atoms with van der Waals surface area (Å²) in [6.45, 7) is 2.33. The number of carbonyl (C=O) groups excluding carboxylic acids is 2. The molecule has 0 spiro atoms. The number of allylic oxidation sites excluding steroid dienone is 4. The molecule has 0 bridgehead atoms. The van der Waals surface area contributed by atoms with Crippen molar-refractivity contribution in [3.05, 3.63) is 76.6 Å². The molecule has 0 unspecified atom stereocenters. The predicted molar refractivity (Wildman–Crippen MR) is 173 cm³/mol. The lowest BCUT2D eigenvalue weighted by Crippen LogP contribution is -2.69. The Balaban J connectivity index is 1.24. The number of alkyl halides is 1. The van der Waals surface area contributed by atoms with Crippen LogP contribution in [-0.4, -0.2) is 66.2 Å². The van der Waals surface area contributed by atoms with Crippen LogP contribution in [0.25, 0.3) is 0 Å². The molecule has 2 aromatic rings. The number of phosphoric acid groups is 1. The highest BCUT2D eigenvalue weighted by atomic mass is 31.2. The molecule has 9 atom stereocenters. The van der Waals surface area contributed by atoms with Gasteiger partial charge in [0.1, 0.15) is 6.61 Å². The first kappa shape index (κ1) is 34.4. The van der Waals surface area contributed by atoms with E-state index in [1.807, 2.05) is 22.9 Å². The van der Waals surface area contributed by atoms with Gasteiger partial charge in [-0.15, -0.1) is 0 Å². The van der Waals surface area contributed by atoms with Gasteiger partial charge in [0.05, 0.1) is 24.5 Å². The second-order valence-electron chi connectivity index (χ2n) is 14.7. The van der Waals surface area contributed by atoms with Crippen molar-refractivity contribution >= 4 is 25.1 Å². The monoisotopic (exact) mass is 700 g/mol. The molecule has 1 saturated heterocycles. The maximum absolute atomic E-state index is 17.7. The SMILES string of the molecule is Cn1cc(Cc2ccc(CO)c(N)c2)cc1[C@@H]1O[C@@H]2C[C@H]3[C@@H]4CCC5=CC(=O)C=C[C@]5(C)[C@@]4(F)[C@@H](O)C[C@]3(C)[C@]2(C(=O)COP(=O)(O)O)O1. The number of ether oxygens (including phenoxy) is 2. The van der Waals surface area contributed by atoms with Gasteiger partial charge in [-0.05, 0) is 80.4 Å². The molecule has 6 N–H and O–H groups in total. The number of aliphatic hydroxyl groups excluding tert-OH is 2. The Labute approximate surface area is 283 Å². The normalized spacial score (nSPS) is 38.1. The van der Waals surface area contributed by atoms with Gasteiger partial charge in [-0.25, -0.2) is 8.96 Å². The summed E-state index contributed by atoms with van der Waals surface area (Å²) in [5.41, 5.74) is 3.76. The first-order valence-electron chi connectivity index (χ1n) is 16.5. The van der Waals surface area contributed by atoms with E-state index in [1.54, 1.807) is 39.1 Å². The number of anilines is 1. The summed E-state index contributed by atoms with van der Waals surface area (Å²) in [5.74, 6) is -2.25. The minimum absolute atomic E-state index is 0.169. The van der Waals surface area contributed by atoms with E-state index < -0.39 is 72.6 Å². The number of phosphoric ester groups is 1. The Morgan fingerprint density at radius 2 is 1.96 bits per heavy atom. The number of ketones is 2. The van der Waals surface area contributed by atoms with Crippen LogP contribution in [0.3, 0.4) is 0 Å². The van der Waals surface area contributed by atoms with Crippen LogP contribution in [0.5, 0.6) is 0 Å². The van der Waals surface area contributed by atoms with Crippen LogP contribution >= 0.6 is 7.82 Å². The first-order valence-corrected chi connectivity index (χ1v) is 18.0. The maximum Gasteiger partial charge on any atom is 0.470 e. The molecule has 264 valence electrons. The van der Waals surface area contributed by atoms with Gasteiger partial charge in [-0.2, -0.15) is 0 Å². The van der Waals surface area contributed by atoms with Crippen LogP contribution in [0.2, 0.25) is 0 Å². The molecule has 0 amide bonds. The van der Waals surface area contributed by atoms with E-state index in [1.165, 1.54) is 12.2 Å². The van der Waals surface area contributed by atoms with Crippen LogP contribution < -0.4 is 5.73 Å². The molecule has 49 heavy (non-hydrogen) atoms. The Kier molecular flexibility index (Phi) is 8.09. The summed E-state index contributed by atoms with van der Waals surface area (Å²) in [4.78, 5) is 45.5. The maximum atomic E-state index is 17.7. The van der Waals surface area contributed by atoms with Gasteiger partial charge >= 0.3 is 7.82 Å². The zero-order valence-corrected chi connectivity index (χ0v) is 28.4. The summed E-state index contributed by atoms with van der Waals surface area (Å²) >= 11 is 0. The van der Waals surface area contributed by atoms with Crippen molar-refractivity contribution in [2.75, 3.05) is 12.3 Å². The molecular formula is C35H42FN2O10P. The van der Waals surface area contributed by atoms with Crippen molar-refractivity contribution in [3.8, 4) is 0 Å². The van der Waals surface area contributed by atoms with Gasteiger partial charge < -0.3 is 39.8 Å². The Morgan fingerprint density at radius 1 is 1.20 bits per heavy atom. The van der Waals surface area contributed by atoms with E-state index in [0.717, 1.165) is 11.1 Å². The Bertz CT molecular complexity index is 1840. The van der Waals surface area contributed by atoms with E-state index in [2.05, 4.69) is 0 Å². The van der Waals surface area contributed by atoms with Crippen molar-refractivity contribution in [2.45, 2.75) is 82.3 Å². The van der Waals surface area contributed by atoms with Gasteiger partial charge in [-0.3, -0.25) is 14.1 Å². The zero-order valence-electron chi connectivity index (χ0n) is 27.5. The number of benzene rings is 1. The van der Waals surface area contributed by atoms with E-state index in [0.29, 0.717) is 41.8 Å². The number of nitrogen functional groups attached to an aromatic ring is 1. The highest BCUT2D eigenvalue weighted by molar-refractivity contribution is 7.46. The number of hydrogen-bond acceptors (Lipinski definition) is 9. The van der Waals surface area contributed by atoms with Crippen molar-refractivity contribution in [1.29, 1.82) is 0 Å². The minimum atomic E-state index is -5.05. The predicted octanol–water partition coefficient (Wildman–Crippen LogP) is 3.50. The summed E-state index contributed by atoms with van der Waals surface area (Å²) in [7, 11) is -3.25. The number of nitrogens with zero attached hydrogens (tertiary/aromatic N) is 1.